The first-order valence-electron chi connectivity index (χ1n) is 7.34. The number of carbonyl (C=O) groups is 1. The molecule has 2 heterocycles. The fourth-order valence-corrected chi connectivity index (χ4v) is 2.48. The van der Waals surface area contributed by atoms with Gasteiger partial charge in [0.05, 0.1) is 19.8 Å². The number of amides is 1. The predicted octanol–water partition coefficient (Wildman–Crippen LogP) is 1.78. The summed E-state index contributed by atoms with van der Waals surface area (Å²) in [5, 5.41) is 13.8. The number of carbonyl (C=O) groups excluding carboxylic acids is 1. The molecule has 7 heteroatoms. The largest absolute Gasteiger partial charge is 0.497 e. The first kappa shape index (κ1) is 15.1. The number of rotatable bonds is 4. The Bertz CT molecular complexity index is 703. The quantitative estimate of drug-likeness (QED) is 0.895. The second-order valence-electron chi connectivity index (χ2n) is 5.12. The van der Waals surface area contributed by atoms with Crippen LogP contribution in [0.25, 0.3) is 0 Å². The summed E-state index contributed by atoms with van der Waals surface area (Å²) in [6, 6.07) is 9.23. The van der Waals surface area contributed by atoms with Crippen molar-refractivity contribution in [3.63, 3.8) is 0 Å². The molecule has 0 fully saturated rings. The van der Waals surface area contributed by atoms with E-state index < -0.39 is 0 Å². The molecule has 1 amide bonds. The molecule has 0 aliphatic carbocycles. The molecular formula is C16H18N4O3. The fourth-order valence-electron chi connectivity index (χ4n) is 2.48. The van der Waals surface area contributed by atoms with Crippen molar-refractivity contribution in [1.82, 2.24) is 15.5 Å². The van der Waals surface area contributed by atoms with Crippen molar-refractivity contribution >= 4 is 11.7 Å². The van der Waals surface area contributed by atoms with E-state index >= 15 is 0 Å². The molecule has 2 N–H and O–H groups in total. The molecule has 1 unspecified atom stereocenters. The second kappa shape index (κ2) is 6.51. The van der Waals surface area contributed by atoms with Gasteiger partial charge in [-0.25, -0.2) is 0 Å². The van der Waals surface area contributed by atoms with E-state index in [1.165, 1.54) is 0 Å². The van der Waals surface area contributed by atoms with Crippen molar-refractivity contribution in [2.45, 2.75) is 12.5 Å². The molecule has 0 saturated carbocycles. The minimum absolute atomic E-state index is 0.0739. The number of ether oxygens (including phenoxy) is 2. The van der Waals surface area contributed by atoms with Crippen molar-refractivity contribution in [1.29, 1.82) is 0 Å². The first-order valence-corrected chi connectivity index (χ1v) is 7.34. The lowest BCUT2D eigenvalue weighted by molar-refractivity contribution is 0.0957. The molecule has 2 aromatic rings. The van der Waals surface area contributed by atoms with Crippen molar-refractivity contribution in [2.75, 3.05) is 26.1 Å². The minimum atomic E-state index is -0.257. The maximum absolute atomic E-state index is 11.5. The van der Waals surface area contributed by atoms with Crippen LogP contribution in [0.5, 0.6) is 11.5 Å². The van der Waals surface area contributed by atoms with Gasteiger partial charge in [0, 0.05) is 25.1 Å². The van der Waals surface area contributed by atoms with Gasteiger partial charge in [0.2, 0.25) is 0 Å². The number of hydrogen-bond acceptors (Lipinski definition) is 6. The number of nitrogens with one attached hydrogen (secondary N) is 2. The average molecular weight is 314 g/mol. The third-order valence-electron chi connectivity index (χ3n) is 3.71. The van der Waals surface area contributed by atoms with Crippen molar-refractivity contribution in [2.24, 2.45) is 0 Å². The Kier molecular flexibility index (Phi) is 4.27. The summed E-state index contributed by atoms with van der Waals surface area (Å²) in [6.07, 6.45) is 0.818. The highest BCUT2D eigenvalue weighted by Crippen LogP contribution is 2.36. The summed E-state index contributed by atoms with van der Waals surface area (Å²) >= 11 is 0. The number of aromatic nitrogens is 2. The monoisotopic (exact) mass is 314 g/mol. The summed E-state index contributed by atoms with van der Waals surface area (Å²) in [5.74, 6) is 1.93. The fraction of sp³-hybridized carbons (Fsp3) is 0.312. The molecule has 3 rings (SSSR count). The van der Waals surface area contributed by atoms with E-state index in [4.69, 9.17) is 9.47 Å². The number of methoxy groups -OCH3 is 1. The van der Waals surface area contributed by atoms with Crippen LogP contribution in [0.4, 0.5) is 5.82 Å². The molecule has 0 radical (unpaired) electrons. The van der Waals surface area contributed by atoms with E-state index in [-0.39, 0.29) is 17.6 Å². The molecule has 1 aromatic carbocycles. The zero-order valence-electron chi connectivity index (χ0n) is 13.0. The van der Waals surface area contributed by atoms with Gasteiger partial charge < -0.3 is 20.1 Å². The summed E-state index contributed by atoms with van der Waals surface area (Å²) < 4.78 is 10.9. The highest BCUT2D eigenvalue weighted by molar-refractivity contribution is 5.91. The summed E-state index contributed by atoms with van der Waals surface area (Å²) in [4.78, 5) is 11.5. The molecule has 1 aliphatic rings. The highest BCUT2D eigenvalue weighted by atomic mass is 16.5. The zero-order chi connectivity index (χ0) is 16.2. The van der Waals surface area contributed by atoms with Gasteiger partial charge in [-0.2, -0.15) is 0 Å². The summed E-state index contributed by atoms with van der Waals surface area (Å²) in [7, 11) is 3.19. The van der Waals surface area contributed by atoms with Gasteiger partial charge >= 0.3 is 0 Å². The third kappa shape index (κ3) is 3.18. The van der Waals surface area contributed by atoms with E-state index in [2.05, 4.69) is 20.8 Å². The molecular weight excluding hydrogens is 296 g/mol. The predicted molar refractivity (Wildman–Crippen MR) is 84.9 cm³/mol. The van der Waals surface area contributed by atoms with Crippen LogP contribution >= 0.6 is 0 Å². The van der Waals surface area contributed by atoms with Gasteiger partial charge in [-0.05, 0) is 24.3 Å². The van der Waals surface area contributed by atoms with Crippen molar-refractivity contribution in [3.8, 4) is 11.5 Å². The van der Waals surface area contributed by atoms with E-state index in [1.54, 1.807) is 26.3 Å². The third-order valence-corrected chi connectivity index (χ3v) is 3.71. The van der Waals surface area contributed by atoms with Gasteiger partial charge in [0.15, 0.2) is 5.69 Å². The molecule has 1 atom stereocenters. The van der Waals surface area contributed by atoms with Crippen LogP contribution in [0.2, 0.25) is 0 Å². The Balaban J connectivity index is 1.78. The van der Waals surface area contributed by atoms with E-state index in [9.17, 15) is 4.79 Å². The van der Waals surface area contributed by atoms with E-state index in [1.807, 2.05) is 18.2 Å². The molecule has 120 valence electrons. The number of anilines is 1. The number of benzene rings is 1. The van der Waals surface area contributed by atoms with Crippen LogP contribution in [0.3, 0.4) is 0 Å². The van der Waals surface area contributed by atoms with Gasteiger partial charge in [-0.15, -0.1) is 10.2 Å². The normalized spacial score (nSPS) is 16.0. The van der Waals surface area contributed by atoms with Crippen LogP contribution in [0.15, 0.2) is 30.3 Å². The van der Waals surface area contributed by atoms with Crippen LogP contribution in [0.1, 0.15) is 28.5 Å². The molecule has 1 aromatic heterocycles. The van der Waals surface area contributed by atoms with Crippen LogP contribution in [-0.2, 0) is 0 Å². The highest BCUT2D eigenvalue weighted by Gasteiger charge is 2.22. The SMILES string of the molecule is CNC(=O)c1ccc(NC2CCOc3cc(OC)ccc32)nn1. The maximum atomic E-state index is 11.5. The Morgan fingerprint density at radius 3 is 2.87 bits per heavy atom. The van der Waals surface area contributed by atoms with Gasteiger partial charge in [-0.1, -0.05) is 0 Å². The lowest BCUT2D eigenvalue weighted by atomic mass is 10.0. The number of fused-ring (bicyclic) bond motifs is 1. The summed E-state index contributed by atoms with van der Waals surface area (Å²) in [5.41, 5.74) is 1.34. The van der Waals surface area contributed by atoms with Gasteiger partial charge in [0.25, 0.3) is 5.91 Å². The topological polar surface area (TPSA) is 85.4 Å². The maximum Gasteiger partial charge on any atom is 0.271 e. The van der Waals surface area contributed by atoms with Gasteiger partial charge in [0.1, 0.15) is 17.3 Å². The Morgan fingerprint density at radius 1 is 1.30 bits per heavy atom. The smallest absolute Gasteiger partial charge is 0.271 e. The first-order chi connectivity index (χ1) is 11.2. The van der Waals surface area contributed by atoms with Crippen LogP contribution in [0, 0.1) is 0 Å². The Hall–Kier alpha value is -2.83. The van der Waals surface area contributed by atoms with Crippen molar-refractivity contribution < 1.29 is 14.3 Å². The second-order valence-corrected chi connectivity index (χ2v) is 5.12. The van der Waals surface area contributed by atoms with Crippen LogP contribution < -0.4 is 20.1 Å². The lowest BCUT2D eigenvalue weighted by Crippen LogP contribution is -2.22. The molecule has 23 heavy (non-hydrogen) atoms. The van der Waals surface area contributed by atoms with Crippen molar-refractivity contribution in [3.05, 3.63) is 41.6 Å². The molecule has 0 bridgehead atoms. The lowest BCUT2D eigenvalue weighted by Gasteiger charge is -2.27. The van der Waals surface area contributed by atoms with Crippen LogP contribution in [-0.4, -0.2) is 36.9 Å². The van der Waals surface area contributed by atoms with Gasteiger partial charge in [-0.3, -0.25) is 4.79 Å². The molecule has 0 saturated heterocycles. The molecule has 0 spiro atoms. The Labute approximate surface area is 134 Å². The minimum Gasteiger partial charge on any atom is -0.497 e. The number of hydrogen-bond donors (Lipinski definition) is 2. The average Bonchev–Trinajstić information content (AvgIpc) is 2.61. The number of nitrogens with zero attached hydrogens (tertiary/aromatic N) is 2. The summed E-state index contributed by atoms with van der Waals surface area (Å²) in [6.45, 7) is 0.613. The Morgan fingerprint density at radius 2 is 2.17 bits per heavy atom. The van der Waals surface area contributed by atoms with E-state index in [0.29, 0.717) is 12.4 Å². The standard InChI is InChI=1S/C16H18N4O3/c1-17-16(21)13-5-6-15(20-19-13)18-12-7-8-23-14-9-10(22-2)3-4-11(12)14/h3-6,9,12H,7-8H2,1-2H3,(H,17,21)(H,18,20). The zero-order valence-corrected chi connectivity index (χ0v) is 13.0. The molecule has 1 aliphatic heterocycles. The molecule has 7 nitrogen and oxygen atoms in total. The van der Waals surface area contributed by atoms with E-state index in [0.717, 1.165) is 23.5 Å².